The van der Waals surface area contributed by atoms with Crippen LogP contribution in [0.15, 0.2) is 28.1 Å². The van der Waals surface area contributed by atoms with Crippen LogP contribution in [0.5, 0.6) is 5.88 Å². The van der Waals surface area contributed by atoms with Gasteiger partial charge in [-0.15, -0.1) is 0 Å². The minimum absolute atomic E-state index is 0.0270. The molecular weight excluding hydrogens is 292 g/mol. The van der Waals surface area contributed by atoms with Gasteiger partial charge >= 0.3 is 0 Å². The third-order valence-corrected chi connectivity index (χ3v) is 3.23. The summed E-state index contributed by atoms with van der Waals surface area (Å²) in [5.41, 5.74) is 0.0938. The van der Waals surface area contributed by atoms with E-state index in [-0.39, 0.29) is 11.4 Å². The molecule has 0 spiro atoms. The Labute approximate surface area is 125 Å². The largest absolute Gasteiger partial charge is 0.494 e. The van der Waals surface area contributed by atoms with Crippen LogP contribution in [0.25, 0.3) is 0 Å². The van der Waals surface area contributed by atoms with E-state index in [1.54, 1.807) is 19.1 Å². The lowest BCUT2D eigenvalue weighted by atomic mass is 10.1. The zero-order valence-electron chi connectivity index (χ0n) is 11.3. The lowest BCUT2D eigenvalue weighted by Crippen LogP contribution is -2.22. The molecule has 1 N–H and O–H groups in total. The van der Waals surface area contributed by atoms with Crippen LogP contribution >= 0.6 is 11.6 Å². The summed E-state index contributed by atoms with van der Waals surface area (Å²) >= 11 is 5.73. The second kappa shape index (κ2) is 5.77. The third kappa shape index (κ3) is 2.78. The molecule has 0 aliphatic heterocycles. The molecule has 2 aromatic rings. The number of aromatic nitrogens is 2. The first-order valence-electron chi connectivity index (χ1n) is 5.94. The molecule has 0 fully saturated rings. The summed E-state index contributed by atoms with van der Waals surface area (Å²) in [5.74, 6) is 0.139. The predicted molar refractivity (Wildman–Crippen MR) is 79.3 cm³/mol. The molecule has 2 aromatic heterocycles. The fraction of sp³-hybridized carbons (Fsp3) is 0.143. The van der Waals surface area contributed by atoms with Crippen LogP contribution in [0.4, 0.5) is 5.82 Å². The first kappa shape index (κ1) is 14.8. The molecule has 0 amide bonds. The number of nitrogens with zero attached hydrogens (tertiary/aromatic N) is 4. The van der Waals surface area contributed by atoms with Gasteiger partial charge in [0.1, 0.15) is 11.6 Å². The zero-order valence-corrected chi connectivity index (χ0v) is 12.1. The summed E-state index contributed by atoms with van der Waals surface area (Å²) in [4.78, 5) is 19.9. The Hall–Kier alpha value is -2.65. The molecule has 0 unspecified atom stereocenters. The van der Waals surface area contributed by atoms with Gasteiger partial charge in [0.2, 0.25) is 5.88 Å². The summed E-state index contributed by atoms with van der Waals surface area (Å²) in [6.07, 6.45) is 2.81. The molecule has 0 aliphatic rings. The Balaban J connectivity index is 2.55. The van der Waals surface area contributed by atoms with Gasteiger partial charge in [-0.1, -0.05) is 11.6 Å². The van der Waals surface area contributed by atoms with E-state index in [1.807, 2.05) is 6.07 Å². The first-order chi connectivity index (χ1) is 9.95. The number of pyridine rings is 2. The van der Waals surface area contributed by atoms with Gasteiger partial charge in [0.05, 0.1) is 10.6 Å². The van der Waals surface area contributed by atoms with E-state index in [0.717, 1.165) is 4.57 Å². The molecule has 6 nitrogen and oxygen atoms in total. The number of hydrogen-bond donors (Lipinski definition) is 1. The highest BCUT2D eigenvalue weighted by Gasteiger charge is 2.15. The third-order valence-electron chi connectivity index (χ3n) is 3.01. The fourth-order valence-electron chi connectivity index (χ4n) is 1.77. The van der Waals surface area contributed by atoms with E-state index in [2.05, 4.69) is 9.98 Å². The van der Waals surface area contributed by atoms with Crippen molar-refractivity contribution in [1.29, 1.82) is 5.26 Å². The Morgan fingerprint density at radius 3 is 2.81 bits per heavy atom. The SMILES string of the molecule is Cc1c(C=Nc2ccc(Cl)cn2)c(O)n(C)c(=O)c1C#N. The molecule has 0 saturated heterocycles. The monoisotopic (exact) mass is 302 g/mol. The number of rotatable bonds is 2. The lowest BCUT2D eigenvalue weighted by molar-refractivity contribution is 0.421. The Bertz CT molecular complexity index is 817. The van der Waals surface area contributed by atoms with Crippen molar-refractivity contribution < 1.29 is 5.11 Å². The van der Waals surface area contributed by atoms with Crippen molar-refractivity contribution in [3.05, 3.63) is 50.4 Å². The van der Waals surface area contributed by atoms with E-state index in [0.29, 0.717) is 22.0 Å². The molecule has 0 radical (unpaired) electrons. The highest BCUT2D eigenvalue weighted by molar-refractivity contribution is 6.30. The Morgan fingerprint density at radius 2 is 2.24 bits per heavy atom. The summed E-state index contributed by atoms with van der Waals surface area (Å²) < 4.78 is 1.00. The minimum atomic E-state index is -0.547. The average molecular weight is 303 g/mol. The number of hydrogen-bond acceptors (Lipinski definition) is 5. The smallest absolute Gasteiger partial charge is 0.271 e. The normalized spacial score (nSPS) is 10.8. The van der Waals surface area contributed by atoms with Crippen molar-refractivity contribution in [1.82, 2.24) is 9.55 Å². The van der Waals surface area contributed by atoms with E-state index in [4.69, 9.17) is 16.9 Å². The predicted octanol–water partition coefficient (Wildman–Crippen LogP) is 2.07. The van der Waals surface area contributed by atoms with Crippen molar-refractivity contribution in [3.63, 3.8) is 0 Å². The topological polar surface area (TPSA) is 91.3 Å². The molecule has 0 aliphatic carbocycles. The molecule has 0 aromatic carbocycles. The fourth-order valence-corrected chi connectivity index (χ4v) is 1.88. The van der Waals surface area contributed by atoms with Gasteiger partial charge in [0.15, 0.2) is 5.82 Å². The number of nitriles is 1. The van der Waals surface area contributed by atoms with Gasteiger partial charge < -0.3 is 5.11 Å². The number of aromatic hydroxyl groups is 1. The van der Waals surface area contributed by atoms with E-state index >= 15 is 0 Å². The van der Waals surface area contributed by atoms with E-state index in [1.165, 1.54) is 19.5 Å². The van der Waals surface area contributed by atoms with Crippen molar-refractivity contribution in [2.45, 2.75) is 6.92 Å². The molecule has 106 valence electrons. The number of halogens is 1. The molecule has 2 rings (SSSR count). The zero-order chi connectivity index (χ0) is 15.6. The van der Waals surface area contributed by atoms with Crippen LogP contribution in [0.1, 0.15) is 16.7 Å². The maximum atomic E-state index is 11.8. The molecule has 7 heteroatoms. The molecule has 0 atom stereocenters. The van der Waals surface area contributed by atoms with Gasteiger partial charge in [-0.25, -0.2) is 9.98 Å². The second-order valence-corrected chi connectivity index (χ2v) is 4.74. The summed E-state index contributed by atoms with van der Waals surface area (Å²) in [6.45, 7) is 1.58. The number of aliphatic imine (C=N–C) groups is 1. The van der Waals surface area contributed by atoms with Gasteiger partial charge in [-0.2, -0.15) is 5.26 Å². The second-order valence-electron chi connectivity index (χ2n) is 4.31. The quantitative estimate of drug-likeness (QED) is 0.860. The summed E-state index contributed by atoms with van der Waals surface area (Å²) in [7, 11) is 1.38. The van der Waals surface area contributed by atoms with Gasteiger partial charge in [0, 0.05) is 19.5 Å². The van der Waals surface area contributed by atoms with Crippen LogP contribution in [-0.4, -0.2) is 20.9 Å². The van der Waals surface area contributed by atoms with Crippen LogP contribution in [0, 0.1) is 18.3 Å². The summed E-state index contributed by atoms with van der Waals surface area (Å²) in [5, 5.41) is 19.5. The molecule has 21 heavy (non-hydrogen) atoms. The molecule has 0 bridgehead atoms. The van der Waals surface area contributed by atoms with Crippen molar-refractivity contribution in [3.8, 4) is 11.9 Å². The van der Waals surface area contributed by atoms with Gasteiger partial charge in [0.25, 0.3) is 5.56 Å². The van der Waals surface area contributed by atoms with Gasteiger partial charge in [-0.3, -0.25) is 9.36 Å². The molecule has 2 heterocycles. The van der Waals surface area contributed by atoms with Crippen LogP contribution in [0.2, 0.25) is 5.02 Å². The van der Waals surface area contributed by atoms with Gasteiger partial charge in [-0.05, 0) is 24.6 Å². The summed E-state index contributed by atoms with van der Waals surface area (Å²) in [6, 6.07) is 5.08. The molecular formula is C14H11ClN4O2. The van der Waals surface area contributed by atoms with E-state index < -0.39 is 5.56 Å². The maximum Gasteiger partial charge on any atom is 0.271 e. The Morgan fingerprint density at radius 1 is 1.52 bits per heavy atom. The van der Waals surface area contributed by atoms with Crippen LogP contribution in [0.3, 0.4) is 0 Å². The van der Waals surface area contributed by atoms with Crippen molar-refractivity contribution in [2.75, 3.05) is 0 Å². The van der Waals surface area contributed by atoms with Crippen molar-refractivity contribution in [2.24, 2.45) is 12.0 Å². The lowest BCUT2D eigenvalue weighted by Gasteiger charge is -2.09. The van der Waals surface area contributed by atoms with E-state index in [9.17, 15) is 9.90 Å². The highest BCUT2D eigenvalue weighted by Crippen LogP contribution is 2.20. The van der Waals surface area contributed by atoms with Crippen LogP contribution in [-0.2, 0) is 7.05 Å². The Kier molecular flexibility index (Phi) is 4.05. The van der Waals surface area contributed by atoms with Crippen molar-refractivity contribution >= 4 is 23.6 Å². The minimum Gasteiger partial charge on any atom is -0.494 e. The average Bonchev–Trinajstić information content (AvgIpc) is 2.47. The van der Waals surface area contributed by atoms with Crippen LogP contribution < -0.4 is 5.56 Å². The highest BCUT2D eigenvalue weighted by atomic mass is 35.5. The maximum absolute atomic E-state index is 11.8. The first-order valence-corrected chi connectivity index (χ1v) is 6.31. The molecule has 0 saturated carbocycles. The standard InChI is InChI=1S/C14H11ClN4O2/c1-8-10(5-16)13(20)19(2)14(21)11(8)7-18-12-4-3-9(15)6-17-12/h3-4,6-7,21H,1-2H3.